The lowest BCUT2D eigenvalue weighted by atomic mass is 9.98. The van der Waals surface area contributed by atoms with Crippen molar-refractivity contribution in [3.8, 4) is 11.4 Å². The number of aromatic amines is 1. The molecule has 136 valence electrons. The van der Waals surface area contributed by atoms with Gasteiger partial charge in [-0.25, -0.2) is 4.79 Å². The Labute approximate surface area is 162 Å². The summed E-state index contributed by atoms with van der Waals surface area (Å²) < 4.78 is 5.27. The summed E-state index contributed by atoms with van der Waals surface area (Å²) in [5.41, 5.74) is 1.85. The van der Waals surface area contributed by atoms with Crippen molar-refractivity contribution in [1.29, 1.82) is 0 Å². The number of aromatic nitrogens is 4. The number of H-pyrrole nitrogens is 1. The highest BCUT2D eigenvalue weighted by atomic mass is 35.5. The summed E-state index contributed by atoms with van der Waals surface area (Å²) in [5.74, 6) is -0.844. The van der Waals surface area contributed by atoms with Gasteiger partial charge in [0, 0.05) is 17.0 Å². The van der Waals surface area contributed by atoms with E-state index in [1.807, 2.05) is 0 Å². The van der Waals surface area contributed by atoms with E-state index in [1.54, 1.807) is 36.4 Å². The number of rotatable bonds is 3. The quantitative estimate of drug-likeness (QED) is 0.650. The Morgan fingerprint density at radius 2 is 2.11 bits per heavy atom. The molecule has 0 radical (unpaired) electrons. The molecule has 0 saturated carbocycles. The maximum atomic E-state index is 12.7. The van der Waals surface area contributed by atoms with Crippen molar-refractivity contribution in [2.45, 2.75) is 12.5 Å². The minimum Gasteiger partial charge on any atom is -0.448 e. The van der Waals surface area contributed by atoms with Gasteiger partial charge in [0.25, 0.3) is 5.91 Å². The van der Waals surface area contributed by atoms with Crippen molar-refractivity contribution in [3.63, 3.8) is 0 Å². The van der Waals surface area contributed by atoms with Gasteiger partial charge in [0.15, 0.2) is 6.10 Å². The highest BCUT2D eigenvalue weighted by molar-refractivity contribution is 6.34. The molecule has 2 heterocycles. The molecule has 0 saturated heterocycles. The molecule has 2 aromatic carbocycles. The smallest absolute Gasteiger partial charge is 0.340 e. The number of anilines is 1. The van der Waals surface area contributed by atoms with Crippen molar-refractivity contribution in [2.24, 2.45) is 0 Å². The van der Waals surface area contributed by atoms with Crippen LogP contribution in [0.25, 0.3) is 11.4 Å². The molecule has 2 N–H and O–H groups in total. The van der Waals surface area contributed by atoms with Crippen LogP contribution in [0.5, 0.6) is 0 Å². The zero-order valence-electron chi connectivity index (χ0n) is 13.6. The van der Waals surface area contributed by atoms with Gasteiger partial charge in [0.05, 0.1) is 16.3 Å². The maximum absolute atomic E-state index is 12.7. The second-order valence-corrected chi connectivity index (χ2v) is 6.63. The van der Waals surface area contributed by atoms with Gasteiger partial charge < -0.3 is 10.1 Å². The number of amides is 1. The lowest BCUT2D eigenvalue weighted by molar-refractivity contribution is -0.125. The fourth-order valence-corrected chi connectivity index (χ4v) is 3.29. The number of benzene rings is 2. The summed E-state index contributed by atoms with van der Waals surface area (Å²) in [4.78, 5) is 24.9. The van der Waals surface area contributed by atoms with Crippen LogP contribution in [0, 0.1) is 0 Å². The molecule has 4 rings (SSSR count). The molecule has 1 atom stereocenters. The van der Waals surface area contributed by atoms with Gasteiger partial charge in [-0.2, -0.15) is 5.21 Å². The van der Waals surface area contributed by atoms with Gasteiger partial charge in [-0.1, -0.05) is 35.3 Å². The number of carbonyl (C=O) groups excluding carboxylic acids is 2. The summed E-state index contributed by atoms with van der Waals surface area (Å²) in [6.07, 6.45) is -0.768. The van der Waals surface area contributed by atoms with E-state index in [-0.39, 0.29) is 12.2 Å². The number of hydrogen-bond acceptors (Lipinski definition) is 6. The standard InChI is InChI=1S/C17H11Cl2N5O3/c18-9-4-5-12(10(7-9)15-21-23-24-22-15)20-16(25)13-6-8-2-1-3-11(19)14(8)17(26)27-13/h1-5,7,13H,6H2,(H,20,25)(H,21,22,23,24). The molecule has 1 unspecified atom stereocenters. The number of tetrazole rings is 1. The van der Waals surface area contributed by atoms with Gasteiger partial charge in [-0.3, -0.25) is 4.79 Å². The largest absolute Gasteiger partial charge is 0.448 e. The van der Waals surface area contributed by atoms with Crippen molar-refractivity contribution in [2.75, 3.05) is 5.32 Å². The van der Waals surface area contributed by atoms with Crippen molar-refractivity contribution in [3.05, 3.63) is 57.6 Å². The molecule has 1 aliphatic rings. The molecule has 0 bridgehead atoms. The monoisotopic (exact) mass is 403 g/mol. The number of cyclic esters (lactones) is 1. The zero-order chi connectivity index (χ0) is 19.0. The molecule has 3 aromatic rings. The first-order valence-electron chi connectivity index (χ1n) is 7.85. The van der Waals surface area contributed by atoms with Crippen molar-refractivity contribution >= 4 is 40.8 Å². The van der Waals surface area contributed by atoms with Gasteiger partial charge >= 0.3 is 5.97 Å². The molecule has 0 spiro atoms. The van der Waals surface area contributed by atoms with Crippen LogP contribution < -0.4 is 5.32 Å². The lowest BCUT2D eigenvalue weighted by Gasteiger charge is -2.24. The molecular weight excluding hydrogens is 393 g/mol. The van der Waals surface area contributed by atoms with Crippen LogP contribution in [0.2, 0.25) is 10.0 Å². The molecule has 1 aliphatic heterocycles. The Kier molecular flexibility index (Phi) is 4.51. The minimum absolute atomic E-state index is 0.221. The van der Waals surface area contributed by atoms with E-state index >= 15 is 0 Å². The summed E-state index contributed by atoms with van der Waals surface area (Å²) >= 11 is 12.1. The molecule has 8 nitrogen and oxygen atoms in total. The van der Waals surface area contributed by atoms with Crippen molar-refractivity contribution in [1.82, 2.24) is 20.6 Å². The molecule has 27 heavy (non-hydrogen) atoms. The van der Waals surface area contributed by atoms with E-state index < -0.39 is 18.0 Å². The fourth-order valence-electron chi connectivity index (χ4n) is 2.84. The van der Waals surface area contributed by atoms with Gasteiger partial charge in [-0.15, -0.1) is 10.2 Å². The number of fused-ring (bicyclic) bond motifs is 1. The Morgan fingerprint density at radius 3 is 2.89 bits per heavy atom. The average molecular weight is 404 g/mol. The van der Waals surface area contributed by atoms with Crippen LogP contribution in [0.4, 0.5) is 5.69 Å². The Bertz CT molecular complexity index is 1040. The average Bonchev–Trinajstić information content (AvgIpc) is 3.17. The number of nitrogens with zero attached hydrogens (tertiary/aromatic N) is 3. The third-order valence-corrected chi connectivity index (χ3v) is 4.63. The number of hydrogen-bond donors (Lipinski definition) is 2. The van der Waals surface area contributed by atoms with E-state index in [2.05, 4.69) is 25.9 Å². The van der Waals surface area contributed by atoms with Crippen LogP contribution in [0.15, 0.2) is 36.4 Å². The van der Waals surface area contributed by atoms with Gasteiger partial charge in [0.2, 0.25) is 5.82 Å². The first-order chi connectivity index (χ1) is 13.0. The van der Waals surface area contributed by atoms with Crippen LogP contribution in [0.1, 0.15) is 15.9 Å². The molecule has 0 aliphatic carbocycles. The highest BCUT2D eigenvalue weighted by Crippen LogP contribution is 2.30. The lowest BCUT2D eigenvalue weighted by Crippen LogP contribution is -2.38. The first kappa shape index (κ1) is 17.4. The van der Waals surface area contributed by atoms with Crippen molar-refractivity contribution < 1.29 is 14.3 Å². The van der Waals surface area contributed by atoms with Crippen LogP contribution >= 0.6 is 23.2 Å². The predicted octanol–water partition coefficient (Wildman–Crippen LogP) is 2.89. The summed E-state index contributed by atoms with van der Waals surface area (Å²) in [6, 6.07) is 9.90. The second-order valence-electron chi connectivity index (χ2n) is 5.79. The van der Waals surface area contributed by atoms with Crippen LogP contribution in [-0.4, -0.2) is 38.6 Å². The third kappa shape index (κ3) is 3.36. The number of nitrogens with one attached hydrogen (secondary N) is 2. The molecule has 10 heteroatoms. The summed E-state index contributed by atoms with van der Waals surface area (Å²) in [6.45, 7) is 0. The molecule has 0 fully saturated rings. The Hall–Kier alpha value is -2.97. The number of esters is 1. The molecule has 1 aromatic heterocycles. The number of halogens is 2. The molecular formula is C17H11Cl2N5O3. The Morgan fingerprint density at radius 1 is 1.26 bits per heavy atom. The Balaban J connectivity index is 1.60. The third-order valence-electron chi connectivity index (χ3n) is 4.08. The van der Waals surface area contributed by atoms with Crippen LogP contribution in [-0.2, 0) is 16.0 Å². The second kappa shape index (κ2) is 6.98. The maximum Gasteiger partial charge on any atom is 0.340 e. The molecule has 1 amide bonds. The normalized spacial score (nSPS) is 15.8. The van der Waals surface area contributed by atoms with Gasteiger partial charge in [-0.05, 0) is 35.0 Å². The highest BCUT2D eigenvalue weighted by Gasteiger charge is 2.33. The fraction of sp³-hybridized carbons (Fsp3) is 0.118. The van der Waals surface area contributed by atoms with E-state index in [1.165, 1.54) is 0 Å². The summed E-state index contributed by atoms with van der Waals surface area (Å²) in [7, 11) is 0. The first-order valence-corrected chi connectivity index (χ1v) is 8.61. The van der Waals surface area contributed by atoms with Crippen LogP contribution in [0.3, 0.4) is 0 Å². The number of carbonyl (C=O) groups is 2. The topological polar surface area (TPSA) is 110 Å². The van der Waals surface area contributed by atoms with E-state index in [4.69, 9.17) is 27.9 Å². The van der Waals surface area contributed by atoms with E-state index in [0.29, 0.717) is 32.4 Å². The van der Waals surface area contributed by atoms with E-state index in [9.17, 15) is 9.59 Å². The van der Waals surface area contributed by atoms with E-state index in [0.717, 1.165) is 0 Å². The SMILES string of the molecule is O=C1OC(C(=O)Nc2ccc(Cl)cc2-c2nn[nH]n2)Cc2cccc(Cl)c21. The van der Waals surface area contributed by atoms with Gasteiger partial charge in [0.1, 0.15) is 0 Å². The zero-order valence-corrected chi connectivity index (χ0v) is 15.1. The number of ether oxygens (including phenoxy) is 1. The predicted molar refractivity (Wildman–Crippen MR) is 97.6 cm³/mol. The summed E-state index contributed by atoms with van der Waals surface area (Å²) in [5, 5.41) is 17.1. The minimum atomic E-state index is -0.989.